The molecular formula is CaCuN4O12. The molecule has 0 rings (SSSR count). The second-order valence-corrected chi connectivity index (χ2v) is 0.894. The van der Waals surface area contributed by atoms with Crippen LogP contribution in [0.25, 0.3) is 0 Å². The third-order valence-electron chi connectivity index (χ3n) is 0. The van der Waals surface area contributed by atoms with Gasteiger partial charge >= 0.3 is 54.8 Å². The first-order valence-corrected chi connectivity index (χ1v) is 2.19. The molecule has 0 spiro atoms. The van der Waals surface area contributed by atoms with Crippen LogP contribution in [0.15, 0.2) is 0 Å². The Bertz CT molecular complexity index is 164. The fraction of sp³-hybridized carbons (Fsp3) is 0. The summed E-state index contributed by atoms with van der Waals surface area (Å²) >= 11 is 0. The average Bonchev–Trinajstić information content (AvgIpc) is 1.76. The van der Waals surface area contributed by atoms with Crippen LogP contribution in [0, 0.1) is 61.3 Å². The van der Waals surface area contributed by atoms with Crippen LogP contribution in [-0.4, -0.2) is 58.1 Å². The summed E-state index contributed by atoms with van der Waals surface area (Å²) < 4.78 is 0. The molecule has 0 aromatic heterocycles. The summed E-state index contributed by atoms with van der Waals surface area (Å²) in [5, 5.41) is 59.0. The molecule has 0 N–H and O–H groups in total. The molecular weight excluding hydrogens is 352 g/mol. The maximum absolute atomic E-state index is 8.25. The van der Waals surface area contributed by atoms with Crippen molar-refractivity contribution in [3.63, 3.8) is 0 Å². The Kier molecular flexibility index (Phi) is 59.1. The van der Waals surface area contributed by atoms with Gasteiger partial charge in [0.2, 0.25) is 0 Å². The number of nitrogens with zero attached hydrogens (tertiary/aromatic N) is 4. The van der Waals surface area contributed by atoms with E-state index in [-0.39, 0.29) is 54.8 Å². The van der Waals surface area contributed by atoms with E-state index < -0.39 is 20.3 Å². The number of hydrogen-bond acceptors (Lipinski definition) is 12. The topological polar surface area (TPSA) is 265 Å². The van der Waals surface area contributed by atoms with Crippen molar-refractivity contribution in [1.29, 1.82) is 0 Å². The Labute approximate surface area is 136 Å². The quantitative estimate of drug-likeness (QED) is 0.278. The third kappa shape index (κ3) is 1330. The van der Waals surface area contributed by atoms with Crippen molar-refractivity contribution in [2.45, 2.75) is 0 Å². The predicted molar refractivity (Wildman–Crippen MR) is 47.2 cm³/mol. The zero-order valence-electron chi connectivity index (χ0n) is 7.70. The Morgan fingerprint density at radius 1 is 0.444 bits per heavy atom. The van der Waals surface area contributed by atoms with Crippen LogP contribution in [0.2, 0.25) is 0 Å². The zero-order chi connectivity index (χ0) is 14.3. The maximum atomic E-state index is 8.25. The van der Waals surface area contributed by atoms with Gasteiger partial charge in [0.15, 0.2) is 0 Å². The van der Waals surface area contributed by atoms with Gasteiger partial charge in [-0.1, -0.05) is 0 Å². The van der Waals surface area contributed by atoms with Gasteiger partial charge in [-0.05, 0) is 0 Å². The molecule has 0 atom stereocenters. The molecule has 0 saturated carbocycles. The van der Waals surface area contributed by atoms with Gasteiger partial charge in [0.1, 0.15) is 0 Å². The van der Waals surface area contributed by atoms with Crippen LogP contribution in [0.1, 0.15) is 0 Å². The van der Waals surface area contributed by atoms with Crippen molar-refractivity contribution in [2.24, 2.45) is 0 Å². The van der Waals surface area contributed by atoms with Crippen LogP contribution >= 0.6 is 0 Å². The Balaban J connectivity index is -0.0000000257. The van der Waals surface area contributed by atoms with Gasteiger partial charge in [0.25, 0.3) is 0 Å². The van der Waals surface area contributed by atoms with E-state index in [2.05, 4.69) is 0 Å². The molecule has 0 amide bonds. The molecule has 0 aliphatic carbocycles. The van der Waals surface area contributed by atoms with Crippen molar-refractivity contribution < 1.29 is 37.4 Å². The van der Waals surface area contributed by atoms with Crippen LogP contribution in [0.3, 0.4) is 0 Å². The van der Waals surface area contributed by atoms with Crippen LogP contribution < -0.4 is 0 Å². The molecule has 18 heavy (non-hydrogen) atoms. The van der Waals surface area contributed by atoms with E-state index in [9.17, 15) is 0 Å². The van der Waals surface area contributed by atoms with Gasteiger partial charge in [-0.3, -0.25) is 0 Å². The van der Waals surface area contributed by atoms with Crippen molar-refractivity contribution >= 4 is 37.7 Å². The maximum Gasteiger partial charge on any atom is 2.00 e. The van der Waals surface area contributed by atoms with E-state index in [0.717, 1.165) is 0 Å². The first kappa shape index (κ1) is 36.0. The van der Waals surface area contributed by atoms with Crippen molar-refractivity contribution in [1.82, 2.24) is 0 Å². The molecule has 1 radical (unpaired) electrons. The number of rotatable bonds is 0. The van der Waals surface area contributed by atoms with Crippen LogP contribution in [0.5, 0.6) is 0 Å². The summed E-state index contributed by atoms with van der Waals surface area (Å²) in [5.41, 5.74) is 0. The van der Waals surface area contributed by atoms with E-state index >= 15 is 0 Å². The third-order valence-corrected chi connectivity index (χ3v) is 0. The largest absolute Gasteiger partial charge is 2.00 e. The van der Waals surface area contributed by atoms with E-state index in [4.69, 9.17) is 61.3 Å². The molecule has 0 bridgehead atoms. The predicted octanol–water partition coefficient (Wildman–Crippen LogP) is -1.34. The summed E-state index contributed by atoms with van der Waals surface area (Å²) in [4.78, 5) is 33.0. The second kappa shape index (κ2) is 29.6. The van der Waals surface area contributed by atoms with Gasteiger partial charge in [0, 0.05) is 0 Å². The first-order chi connectivity index (χ1) is 6.93. The summed E-state index contributed by atoms with van der Waals surface area (Å²) in [5.74, 6) is 0. The monoisotopic (exact) mass is 351 g/mol. The molecule has 0 aromatic carbocycles. The van der Waals surface area contributed by atoms with Gasteiger partial charge < -0.3 is 61.3 Å². The smallest absolute Gasteiger partial charge is 0.356 e. The molecule has 0 aliphatic rings. The molecule has 18 heteroatoms. The minimum absolute atomic E-state index is 0. The van der Waals surface area contributed by atoms with Gasteiger partial charge in [-0.15, -0.1) is 0 Å². The van der Waals surface area contributed by atoms with Gasteiger partial charge in [0.05, 0.1) is 20.3 Å². The van der Waals surface area contributed by atoms with Gasteiger partial charge in [-0.25, -0.2) is 0 Å². The molecule has 0 saturated heterocycles. The van der Waals surface area contributed by atoms with E-state index in [1.165, 1.54) is 0 Å². The fourth-order valence-electron chi connectivity index (χ4n) is 0. The van der Waals surface area contributed by atoms with Crippen molar-refractivity contribution in [3.05, 3.63) is 61.3 Å². The second-order valence-electron chi connectivity index (χ2n) is 0.894. The Morgan fingerprint density at radius 2 is 0.444 bits per heavy atom. The number of hydrogen-bond donors (Lipinski definition) is 0. The van der Waals surface area contributed by atoms with Crippen LogP contribution in [-0.2, 0) is 17.1 Å². The van der Waals surface area contributed by atoms with Crippen molar-refractivity contribution in [3.8, 4) is 0 Å². The first-order valence-electron chi connectivity index (χ1n) is 2.19. The van der Waals surface area contributed by atoms with E-state index in [1.807, 2.05) is 0 Å². The summed E-state index contributed by atoms with van der Waals surface area (Å²) in [6.45, 7) is 0. The molecule has 0 aliphatic heterocycles. The SMILES string of the molecule is O=[N+]([O-])[O-].O=[N+]([O-])[O-].O=[N+]([O-])[O-].O=[N+]([O-])[O-].[Ca+2].[Cu+2]. The molecule has 0 fully saturated rings. The average molecular weight is 352 g/mol. The summed E-state index contributed by atoms with van der Waals surface area (Å²) in [6, 6.07) is 0. The Hall–Kier alpha value is -1.42. The summed E-state index contributed by atoms with van der Waals surface area (Å²) in [7, 11) is 0. The molecule has 105 valence electrons. The van der Waals surface area contributed by atoms with Crippen LogP contribution in [0.4, 0.5) is 0 Å². The Morgan fingerprint density at radius 3 is 0.444 bits per heavy atom. The summed E-state index contributed by atoms with van der Waals surface area (Å²) in [6.07, 6.45) is 0. The molecule has 16 nitrogen and oxygen atoms in total. The standard InChI is InChI=1S/Ca.Cu.4NO3/c;;4*2-1(3)4/q2*+2;4*-1. The van der Waals surface area contributed by atoms with Crippen molar-refractivity contribution in [2.75, 3.05) is 0 Å². The molecule has 0 unspecified atom stereocenters. The fourth-order valence-corrected chi connectivity index (χ4v) is 0. The normalized spacial score (nSPS) is 5.33. The molecule has 0 aromatic rings. The molecule has 0 heterocycles. The minimum Gasteiger partial charge on any atom is -0.356 e. The van der Waals surface area contributed by atoms with Gasteiger partial charge in [-0.2, -0.15) is 0 Å². The zero-order valence-corrected chi connectivity index (χ0v) is 10.8. The van der Waals surface area contributed by atoms with E-state index in [0.29, 0.717) is 0 Å². The minimum atomic E-state index is -1.75. The van der Waals surface area contributed by atoms with E-state index in [1.54, 1.807) is 0 Å².